The normalized spacial score (nSPS) is 11.4. The number of esters is 1. The van der Waals surface area contributed by atoms with Gasteiger partial charge in [-0.25, -0.2) is 4.79 Å². The van der Waals surface area contributed by atoms with Crippen LogP contribution in [0.4, 0.5) is 5.69 Å². The highest BCUT2D eigenvalue weighted by Crippen LogP contribution is 2.16. The first-order valence-corrected chi connectivity index (χ1v) is 8.12. The molecule has 2 aromatic carbocycles. The molecule has 0 unspecified atom stereocenters. The van der Waals surface area contributed by atoms with E-state index in [0.29, 0.717) is 22.2 Å². The number of H-pyrrole nitrogens is 1. The van der Waals surface area contributed by atoms with Crippen LogP contribution in [0.25, 0.3) is 10.9 Å². The minimum absolute atomic E-state index is 0.0902. The maximum absolute atomic E-state index is 12.5. The van der Waals surface area contributed by atoms with Crippen molar-refractivity contribution in [2.75, 3.05) is 5.32 Å². The highest BCUT2D eigenvalue weighted by atomic mass is 16.5. The number of nitrogens with zero attached hydrogens (tertiary/aromatic N) is 1. The molecule has 2 N–H and O–H groups in total. The van der Waals surface area contributed by atoms with Gasteiger partial charge in [0.1, 0.15) is 0 Å². The molecule has 1 aromatic heterocycles. The van der Waals surface area contributed by atoms with Gasteiger partial charge in [0, 0.05) is 22.7 Å². The van der Waals surface area contributed by atoms with Crippen LogP contribution in [-0.2, 0) is 9.53 Å². The summed E-state index contributed by atoms with van der Waals surface area (Å²) in [6, 6.07) is 16.2. The predicted octanol–water partition coefficient (Wildman–Crippen LogP) is 2.58. The number of fused-ring (bicyclic) bond motifs is 1. The van der Waals surface area contributed by atoms with Crippen LogP contribution in [0, 0.1) is 11.3 Å². The minimum Gasteiger partial charge on any atom is -0.449 e. The lowest BCUT2D eigenvalue weighted by atomic mass is 10.1. The smallest absolute Gasteiger partial charge is 0.339 e. The number of aromatic amines is 1. The lowest BCUT2D eigenvalue weighted by molar-refractivity contribution is -0.123. The highest BCUT2D eigenvalue weighted by Gasteiger charge is 2.21. The molecule has 134 valence electrons. The number of nitrogens with one attached hydrogen (secondary N) is 2. The maximum Gasteiger partial charge on any atom is 0.339 e. The number of ether oxygens (including phenoxy) is 1. The summed E-state index contributed by atoms with van der Waals surface area (Å²) in [6.45, 7) is 1.44. The molecule has 0 saturated heterocycles. The lowest BCUT2D eigenvalue weighted by Gasteiger charge is -2.14. The number of pyridine rings is 1. The SMILES string of the molecule is C[C@@H](OC(=O)c1cc(=O)[nH]c2ccccc12)C(=O)Nc1ccc(C#N)cc1. The summed E-state index contributed by atoms with van der Waals surface area (Å²) in [5, 5.41) is 11.9. The van der Waals surface area contributed by atoms with Crippen LogP contribution in [0.3, 0.4) is 0 Å². The summed E-state index contributed by atoms with van der Waals surface area (Å²) < 4.78 is 5.22. The second kappa shape index (κ2) is 7.54. The number of amides is 1. The molecule has 0 spiro atoms. The van der Waals surface area contributed by atoms with Gasteiger partial charge in [0.15, 0.2) is 6.10 Å². The topological polar surface area (TPSA) is 112 Å². The van der Waals surface area contributed by atoms with E-state index in [1.807, 2.05) is 6.07 Å². The van der Waals surface area contributed by atoms with Crippen molar-refractivity contribution in [3.63, 3.8) is 0 Å². The molecule has 3 aromatic rings. The third-order valence-corrected chi connectivity index (χ3v) is 3.91. The van der Waals surface area contributed by atoms with Crippen molar-refractivity contribution in [1.82, 2.24) is 4.98 Å². The number of anilines is 1. The summed E-state index contributed by atoms with van der Waals surface area (Å²) >= 11 is 0. The fourth-order valence-electron chi connectivity index (χ4n) is 2.52. The second-order valence-electron chi connectivity index (χ2n) is 5.82. The van der Waals surface area contributed by atoms with E-state index in [2.05, 4.69) is 10.3 Å². The molecule has 7 heteroatoms. The number of carbonyl (C=O) groups is 2. The molecule has 1 amide bonds. The summed E-state index contributed by atoms with van der Waals surface area (Å²) in [4.78, 5) is 39.1. The number of hydrogen-bond donors (Lipinski definition) is 2. The molecule has 27 heavy (non-hydrogen) atoms. The zero-order valence-electron chi connectivity index (χ0n) is 14.4. The average molecular weight is 361 g/mol. The molecule has 0 fully saturated rings. The first kappa shape index (κ1) is 17.9. The summed E-state index contributed by atoms with van der Waals surface area (Å²) in [5.74, 6) is -1.29. The van der Waals surface area contributed by atoms with E-state index in [-0.39, 0.29) is 5.56 Å². The molecule has 0 radical (unpaired) electrons. The second-order valence-corrected chi connectivity index (χ2v) is 5.82. The number of rotatable bonds is 4. The Balaban J connectivity index is 1.74. The number of para-hydroxylation sites is 1. The first-order valence-electron chi connectivity index (χ1n) is 8.12. The molecule has 0 bridgehead atoms. The standard InChI is InChI=1S/C20H15N3O4/c1-12(19(25)22-14-8-6-13(11-21)7-9-14)27-20(26)16-10-18(24)23-17-5-3-2-4-15(16)17/h2-10,12H,1H3,(H,22,25)(H,23,24)/t12-/m1/s1. The van der Waals surface area contributed by atoms with Gasteiger partial charge in [-0.1, -0.05) is 18.2 Å². The monoisotopic (exact) mass is 361 g/mol. The average Bonchev–Trinajstić information content (AvgIpc) is 2.67. The van der Waals surface area contributed by atoms with E-state index in [9.17, 15) is 14.4 Å². The minimum atomic E-state index is -1.08. The van der Waals surface area contributed by atoms with Gasteiger partial charge in [0.25, 0.3) is 5.91 Å². The Hall–Kier alpha value is -3.92. The molecule has 0 aliphatic carbocycles. The highest BCUT2D eigenvalue weighted by molar-refractivity contribution is 6.04. The number of hydrogen-bond acceptors (Lipinski definition) is 5. The third-order valence-electron chi connectivity index (χ3n) is 3.91. The Bertz CT molecular complexity index is 1110. The molecule has 1 atom stereocenters. The van der Waals surface area contributed by atoms with Gasteiger partial charge in [-0.05, 0) is 37.3 Å². The lowest BCUT2D eigenvalue weighted by Crippen LogP contribution is -2.30. The predicted molar refractivity (Wildman–Crippen MR) is 99.2 cm³/mol. The van der Waals surface area contributed by atoms with Crippen molar-refractivity contribution in [2.45, 2.75) is 13.0 Å². The summed E-state index contributed by atoms with van der Waals surface area (Å²) in [5.41, 5.74) is 1.10. The largest absolute Gasteiger partial charge is 0.449 e. The number of benzene rings is 2. The van der Waals surface area contributed by atoms with Gasteiger partial charge >= 0.3 is 5.97 Å². The Labute approximate surface area is 154 Å². The van der Waals surface area contributed by atoms with Crippen LogP contribution < -0.4 is 10.9 Å². The van der Waals surface area contributed by atoms with E-state index < -0.39 is 23.5 Å². The zero-order chi connectivity index (χ0) is 19.4. The fourth-order valence-corrected chi connectivity index (χ4v) is 2.52. The number of carbonyl (C=O) groups excluding carboxylic acids is 2. The van der Waals surface area contributed by atoms with Crippen LogP contribution >= 0.6 is 0 Å². The van der Waals surface area contributed by atoms with Gasteiger partial charge in [-0.3, -0.25) is 9.59 Å². The van der Waals surface area contributed by atoms with E-state index in [1.165, 1.54) is 6.92 Å². The van der Waals surface area contributed by atoms with Gasteiger partial charge in [0.2, 0.25) is 5.56 Å². The van der Waals surface area contributed by atoms with Gasteiger partial charge in [0.05, 0.1) is 17.2 Å². The van der Waals surface area contributed by atoms with E-state index in [1.54, 1.807) is 48.5 Å². The Morgan fingerprint density at radius 3 is 2.56 bits per heavy atom. The Morgan fingerprint density at radius 2 is 1.85 bits per heavy atom. The zero-order valence-corrected chi connectivity index (χ0v) is 14.4. The molecular formula is C20H15N3O4. The van der Waals surface area contributed by atoms with Crippen molar-refractivity contribution in [2.24, 2.45) is 0 Å². The molecule has 7 nitrogen and oxygen atoms in total. The summed E-state index contributed by atoms with van der Waals surface area (Å²) in [7, 11) is 0. The van der Waals surface area contributed by atoms with Crippen LogP contribution in [0.1, 0.15) is 22.8 Å². The molecule has 1 heterocycles. The van der Waals surface area contributed by atoms with Crippen molar-refractivity contribution >= 4 is 28.5 Å². The molecular weight excluding hydrogens is 346 g/mol. The van der Waals surface area contributed by atoms with Gasteiger partial charge in [-0.15, -0.1) is 0 Å². The third kappa shape index (κ3) is 4.02. The van der Waals surface area contributed by atoms with Crippen molar-refractivity contribution in [1.29, 1.82) is 5.26 Å². The van der Waals surface area contributed by atoms with Crippen molar-refractivity contribution in [3.05, 3.63) is 76.1 Å². The summed E-state index contributed by atoms with van der Waals surface area (Å²) in [6.07, 6.45) is -1.08. The maximum atomic E-state index is 12.5. The Kier molecular flexibility index (Phi) is 4.99. The fraction of sp³-hybridized carbons (Fsp3) is 0.100. The van der Waals surface area contributed by atoms with Gasteiger partial charge in [-0.2, -0.15) is 5.26 Å². The van der Waals surface area contributed by atoms with E-state index in [0.717, 1.165) is 6.07 Å². The van der Waals surface area contributed by atoms with E-state index >= 15 is 0 Å². The van der Waals surface area contributed by atoms with Crippen LogP contribution in [0.5, 0.6) is 0 Å². The van der Waals surface area contributed by atoms with Gasteiger partial charge < -0.3 is 15.0 Å². The molecule has 0 aliphatic heterocycles. The molecule has 3 rings (SSSR count). The van der Waals surface area contributed by atoms with Crippen LogP contribution in [0.15, 0.2) is 59.4 Å². The van der Waals surface area contributed by atoms with Crippen molar-refractivity contribution < 1.29 is 14.3 Å². The van der Waals surface area contributed by atoms with Crippen molar-refractivity contribution in [3.8, 4) is 6.07 Å². The molecule has 0 saturated carbocycles. The number of nitriles is 1. The van der Waals surface area contributed by atoms with Crippen LogP contribution in [0.2, 0.25) is 0 Å². The quantitative estimate of drug-likeness (QED) is 0.694. The Morgan fingerprint density at radius 1 is 1.15 bits per heavy atom. The number of aromatic nitrogens is 1. The van der Waals surface area contributed by atoms with Crippen LogP contribution in [-0.4, -0.2) is 23.0 Å². The van der Waals surface area contributed by atoms with E-state index in [4.69, 9.17) is 10.00 Å². The molecule has 0 aliphatic rings. The first-order chi connectivity index (χ1) is 13.0.